The van der Waals surface area contributed by atoms with E-state index in [9.17, 15) is 0 Å². The van der Waals surface area contributed by atoms with Crippen LogP contribution in [0.2, 0.25) is 0 Å². The molecule has 0 aromatic carbocycles. The first-order valence-electron chi connectivity index (χ1n) is 8.22. The average Bonchev–Trinajstić information content (AvgIpc) is 2.66. The van der Waals surface area contributed by atoms with E-state index in [1.165, 1.54) is 0 Å². The van der Waals surface area contributed by atoms with E-state index >= 15 is 0 Å². The van der Waals surface area contributed by atoms with Gasteiger partial charge in [-0.15, -0.1) is 0 Å². The lowest BCUT2D eigenvalue weighted by atomic mass is 10.3. The predicted molar refractivity (Wildman–Crippen MR) is 97.5 cm³/mol. The first-order chi connectivity index (χ1) is 10.9. The quantitative estimate of drug-likeness (QED) is 0.742. The smallest absolute Gasteiger partial charge is 0.0977 e. The van der Waals surface area contributed by atoms with Crippen molar-refractivity contribution in [2.24, 2.45) is 0 Å². The molecule has 3 heteroatoms. The summed E-state index contributed by atoms with van der Waals surface area (Å²) in [5, 5.41) is 3.72. The number of aromatic nitrogens is 3. The lowest BCUT2D eigenvalue weighted by Gasteiger charge is -1.91. The van der Waals surface area contributed by atoms with Crippen molar-refractivity contribution in [1.29, 1.82) is 0 Å². The van der Waals surface area contributed by atoms with E-state index in [1.807, 2.05) is 79.7 Å². The molecule has 0 saturated carbocycles. The van der Waals surface area contributed by atoms with Crippen LogP contribution in [-0.4, -0.2) is 15.0 Å². The van der Waals surface area contributed by atoms with E-state index in [4.69, 9.17) is 0 Å². The fourth-order valence-electron chi connectivity index (χ4n) is 1.62. The third-order valence-corrected chi connectivity index (χ3v) is 2.37. The molecule has 0 fully saturated rings. The molecule has 0 amide bonds. The van der Waals surface area contributed by atoms with Crippen molar-refractivity contribution < 1.29 is 0 Å². The molecule has 0 saturated heterocycles. The summed E-state index contributed by atoms with van der Waals surface area (Å²) in [4.78, 5) is 13.0. The Hall–Kier alpha value is -2.03. The Morgan fingerprint density at radius 2 is 1.18 bits per heavy atom. The first-order valence-corrected chi connectivity index (χ1v) is 8.22. The fourth-order valence-corrected chi connectivity index (χ4v) is 1.62. The zero-order valence-electron chi connectivity index (χ0n) is 15.4. The highest BCUT2D eigenvalue weighted by molar-refractivity contribution is 5.20. The molecule has 0 radical (unpaired) electrons. The van der Waals surface area contributed by atoms with E-state index < -0.39 is 0 Å². The predicted octanol–water partition coefficient (Wildman–Crippen LogP) is 3.84. The topological polar surface area (TPSA) is 38.7 Å². The zero-order valence-corrected chi connectivity index (χ0v) is 15.4. The molecular formula is C19H31N3. The van der Waals surface area contributed by atoms with Gasteiger partial charge in [0.1, 0.15) is 0 Å². The Balaban J connectivity index is 0. The third-order valence-electron chi connectivity index (χ3n) is 2.37. The molecule has 0 atom stereocenters. The first kappa shape index (κ1) is 22.3. The Morgan fingerprint density at radius 1 is 0.682 bits per heavy atom. The minimum atomic E-state index is 0.881. The highest BCUT2D eigenvalue weighted by Gasteiger charge is 1.90. The average molecular weight is 301 g/mol. The highest BCUT2D eigenvalue weighted by atomic mass is 14.8. The molecule has 2 heterocycles. The molecule has 0 unspecified atom stereocenters. The van der Waals surface area contributed by atoms with Crippen LogP contribution in [0.25, 0.3) is 12.2 Å². The molecule has 0 spiro atoms. The van der Waals surface area contributed by atoms with Crippen LogP contribution < -0.4 is 10.7 Å². The van der Waals surface area contributed by atoms with Crippen molar-refractivity contribution in [2.75, 3.05) is 0 Å². The number of rotatable bonds is 0. The Labute approximate surface area is 135 Å². The molecule has 2 aromatic heterocycles. The van der Waals surface area contributed by atoms with Gasteiger partial charge in [0.05, 0.1) is 16.0 Å². The lowest BCUT2D eigenvalue weighted by molar-refractivity contribution is 1.07. The summed E-state index contributed by atoms with van der Waals surface area (Å²) in [7, 11) is 0. The van der Waals surface area contributed by atoms with Crippen LogP contribution >= 0.6 is 0 Å². The fraction of sp³-hybridized carbons (Fsp3) is 0.421. The second kappa shape index (κ2) is 15.4. The summed E-state index contributed by atoms with van der Waals surface area (Å²) in [6, 6.07) is 3.93. The molecule has 2 aromatic rings. The van der Waals surface area contributed by atoms with Gasteiger partial charge >= 0.3 is 0 Å². The molecule has 0 bridgehead atoms. The second-order valence-electron chi connectivity index (χ2n) is 3.30. The molecule has 0 aliphatic rings. The Kier molecular flexibility index (Phi) is 15.5. The van der Waals surface area contributed by atoms with Gasteiger partial charge in [-0.1, -0.05) is 53.7 Å². The van der Waals surface area contributed by atoms with E-state index in [0.717, 1.165) is 21.3 Å². The molecule has 3 nitrogen and oxygen atoms in total. The normalized spacial score (nSPS) is 12.0. The lowest BCUT2D eigenvalue weighted by Crippen LogP contribution is -2.15. The van der Waals surface area contributed by atoms with Gasteiger partial charge in [0.25, 0.3) is 0 Å². The van der Waals surface area contributed by atoms with Gasteiger partial charge in [-0.3, -0.25) is 15.0 Å². The van der Waals surface area contributed by atoms with Crippen LogP contribution in [0.5, 0.6) is 0 Å². The summed E-state index contributed by atoms with van der Waals surface area (Å²) in [6.45, 7) is 15.9. The van der Waals surface area contributed by atoms with Crippen LogP contribution in [-0.2, 0) is 0 Å². The molecule has 122 valence electrons. The number of hydrogen-bond acceptors (Lipinski definition) is 3. The molecule has 0 aliphatic carbocycles. The highest BCUT2D eigenvalue weighted by Crippen LogP contribution is 1.82. The van der Waals surface area contributed by atoms with Crippen LogP contribution in [0.4, 0.5) is 0 Å². The van der Waals surface area contributed by atoms with Gasteiger partial charge in [-0.2, -0.15) is 0 Å². The summed E-state index contributed by atoms with van der Waals surface area (Å²) < 4.78 is 0. The zero-order chi connectivity index (χ0) is 17.4. The van der Waals surface area contributed by atoms with E-state index in [2.05, 4.69) is 15.0 Å². The molecule has 22 heavy (non-hydrogen) atoms. The van der Waals surface area contributed by atoms with Crippen molar-refractivity contribution in [1.82, 2.24) is 15.0 Å². The molecule has 0 aliphatic heterocycles. The third kappa shape index (κ3) is 6.61. The number of nitrogens with zero attached hydrogens (tertiary/aromatic N) is 3. The van der Waals surface area contributed by atoms with Crippen LogP contribution in [0.15, 0.2) is 30.7 Å². The van der Waals surface area contributed by atoms with E-state index in [-0.39, 0.29) is 0 Å². The van der Waals surface area contributed by atoms with Crippen LogP contribution in [0.3, 0.4) is 0 Å². The minimum absolute atomic E-state index is 0.881. The maximum absolute atomic E-state index is 4.37. The molecule has 0 N–H and O–H groups in total. The molecular weight excluding hydrogens is 270 g/mol. The summed E-state index contributed by atoms with van der Waals surface area (Å²) in [5.41, 5.74) is 0. The van der Waals surface area contributed by atoms with Crippen molar-refractivity contribution in [3.63, 3.8) is 0 Å². The molecule has 2 rings (SSSR count). The summed E-state index contributed by atoms with van der Waals surface area (Å²) >= 11 is 0. The van der Waals surface area contributed by atoms with Gasteiger partial charge in [0, 0.05) is 23.8 Å². The van der Waals surface area contributed by atoms with Crippen molar-refractivity contribution in [3.8, 4) is 0 Å². The largest absolute Gasteiger partial charge is 0.257 e. The van der Waals surface area contributed by atoms with Gasteiger partial charge in [-0.05, 0) is 26.0 Å². The van der Waals surface area contributed by atoms with Crippen molar-refractivity contribution in [3.05, 3.63) is 52.0 Å². The van der Waals surface area contributed by atoms with Gasteiger partial charge in [-0.25, -0.2) is 0 Å². The van der Waals surface area contributed by atoms with Crippen molar-refractivity contribution >= 4 is 12.2 Å². The standard InChI is InChI=1S/C13H13N3.3C2H6/c1-3-11-10(6-5-7-14-11)13-12(4-2)15-8-9-16-13;3*1-2/h3-9H,1-2H3;3*1-2H3/b11-3+,12-4+,13-10+;;;. The van der Waals surface area contributed by atoms with Gasteiger partial charge in [0.15, 0.2) is 0 Å². The van der Waals surface area contributed by atoms with Crippen LogP contribution in [0, 0.1) is 10.6 Å². The van der Waals surface area contributed by atoms with Crippen LogP contribution in [0.1, 0.15) is 55.4 Å². The van der Waals surface area contributed by atoms with Gasteiger partial charge in [0.2, 0.25) is 0 Å². The minimum Gasteiger partial charge on any atom is -0.257 e. The number of hydrogen-bond donors (Lipinski definition) is 0. The van der Waals surface area contributed by atoms with E-state index in [1.54, 1.807) is 18.6 Å². The second-order valence-corrected chi connectivity index (χ2v) is 3.30. The van der Waals surface area contributed by atoms with Crippen molar-refractivity contribution in [2.45, 2.75) is 55.4 Å². The maximum Gasteiger partial charge on any atom is 0.0977 e. The SMILES string of the molecule is C/C=c1/nccc/c1=c1\nccn\c1=C\C.CC.CC.CC. The maximum atomic E-state index is 4.37. The Bertz CT molecular complexity index is 630. The van der Waals surface area contributed by atoms with E-state index in [0.29, 0.717) is 0 Å². The van der Waals surface area contributed by atoms with Gasteiger partial charge < -0.3 is 0 Å². The summed E-state index contributed by atoms with van der Waals surface area (Å²) in [5.74, 6) is 0. The number of pyridine rings is 1. The summed E-state index contributed by atoms with van der Waals surface area (Å²) in [6.07, 6.45) is 9.11. The Morgan fingerprint density at radius 3 is 1.73 bits per heavy atom. The monoisotopic (exact) mass is 301 g/mol.